The lowest BCUT2D eigenvalue weighted by atomic mass is 10.1. The van der Waals surface area contributed by atoms with Gasteiger partial charge in [-0.2, -0.15) is 0 Å². The molecule has 1 saturated heterocycles. The molecule has 0 unspecified atom stereocenters. The van der Waals surface area contributed by atoms with E-state index in [1.165, 1.54) is 6.20 Å². The van der Waals surface area contributed by atoms with Crippen LogP contribution in [0, 0.1) is 11.6 Å². The van der Waals surface area contributed by atoms with E-state index in [4.69, 9.17) is 0 Å². The third kappa shape index (κ3) is 2.82. The number of piperidine rings is 1. The van der Waals surface area contributed by atoms with Crippen LogP contribution < -0.4 is 5.32 Å². The summed E-state index contributed by atoms with van der Waals surface area (Å²) in [7, 11) is 0. The Bertz CT molecular complexity index is 665. The van der Waals surface area contributed by atoms with Crippen LogP contribution in [0.25, 0.3) is 0 Å². The summed E-state index contributed by atoms with van der Waals surface area (Å²) in [5, 5.41) is 11.0. The highest BCUT2D eigenvalue weighted by atomic mass is 19.1. The molecule has 0 spiro atoms. The highest BCUT2D eigenvalue weighted by Crippen LogP contribution is 2.19. The van der Waals surface area contributed by atoms with Gasteiger partial charge in [-0.3, -0.25) is 4.79 Å². The van der Waals surface area contributed by atoms with Gasteiger partial charge in [-0.25, -0.2) is 13.5 Å². The molecule has 1 aliphatic rings. The lowest BCUT2D eigenvalue weighted by Crippen LogP contribution is -2.29. The predicted molar refractivity (Wildman–Crippen MR) is 71.0 cm³/mol. The summed E-state index contributed by atoms with van der Waals surface area (Å²) in [6.45, 7) is 1.76. The molecule has 21 heavy (non-hydrogen) atoms. The molecule has 0 radical (unpaired) electrons. The first kappa shape index (κ1) is 13.8. The number of carbonyl (C=O) groups is 1. The molecule has 1 aromatic heterocycles. The average Bonchev–Trinajstić information content (AvgIpc) is 3.00. The van der Waals surface area contributed by atoms with Crippen molar-refractivity contribution in [1.82, 2.24) is 20.3 Å². The molecule has 1 aliphatic heterocycles. The standard InChI is InChI=1S/C14H14F2N4O/c15-9-1-2-12(16)11(7-9)14(21)13-8-20(19-18-13)10-3-5-17-6-4-10/h1-2,7-8,10,17H,3-6H2. The van der Waals surface area contributed by atoms with Gasteiger partial charge in [0.2, 0.25) is 5.78 Å². The molecule has 0 amide bonds. The number of halogens is 2. The van der Waals surface area contributed by atoms with E-state index in [0.717, 1.165) is 44.1 Å². The summed E-state index contributed by atoms with van der Waals surface area (Å²) in [5.41, 5.74) is -0.301. The Kier molecular flexibility index (Phi) is 3.74. The van der Waals surface area contributed by atoms with Gasteiger partial charge in [0.15, 0.2) is 5.69 Å². The van der Waals surface area contributed by atoms with Crippen molar-refractivity contribution in [3.05, 3.63) is 47.3 Å². The molecule has 1 aromatic carbocycles. The summed E-state index contributed by atoms with van der Waals surface area (Å²) in [6, 6.07) is 2.96. The first-order valence-electron chi connectivity index (χ1n) is 6.77. The van der Waals surface area contributed by atoms with Crippen molar-refractivity contribution in [2.45, 2.75) is 18.9 Å². The monoisotopic (exact) mass is 292 g/mol. The van der Waals surface area contributed by atoms with Gasteiger partial charge in [0.25, 0.3) is 0 Å². The fourth-order valence-electron chi connectivity index (χ4n) is 2.44. The van der Waals surface area contributed by atoms with E-state index in [1.807, 2.05) is 0 Å². The average molecular weight is 292 g/mol. The minimum atomic E-state index is -0.766. The number of nitrogens with one attached hydrogen (secondary N) is 1. The van der Waals surface area contributed by atoms with Gasteiger partial charge in [-0.05, 0) is 44.1 Å². The zero-order chi connectivity index (χ0) is 14.8. The van der Waals surface area contributed by atoms with E-state index in [0.29, 0.717) is 0 Å². The number of hydrogen-bond donors (Lipinski definition) is 1. The van der Waals surface area contributed by atoms with Gasteiger partial charge in [-0.1, -0.05) is 5.21 Å². The Morgan fingerprint density at radius 2 is 2.05 bits per heavy atom. The van der Waals surface area contributed by atoms with Crippen molar-refractivity contribution in [1.29, 1.82) is 0 Å². The van der Waals surface area contributed by atoms with Gasteiger partial charge in [0.1, 0.15) is 11.6 Å². The third-order valence-corrected chi connectivity index (χ3v) is 3.60. The number of aromatic nitrogens is 3. The van der Waals surface area contributed by atoms with Crippen LogP contribution in [0.5, 0.6) is 0 Å². The zero-order valence-electron chi connectivity index (χ0n) is 11.2. The Morgan fingerprint density at radius 1 is 1.29 bits per heavy atom. The molecule has 0 aliphatic carbocycles. The molecular weight excluding hydrogens is 278 g/mol. The number of ketones is 1. The number of benzene rings is 1. The molecular formula is C14H14F2N4O. The van der Waals surface area contributed by atoms with Crippen molar-refractivity contribution in [3.8, 4) is 0 Å². The molecule has 2 aromatic rings. The van der Waals surface area contributed by atoms with Gasteiger partial charge < -0.3 is 5.32 Å². The van der Waals surface area contributed by atoms with Gasteiger partial charge in [-0.15, -0.1) is 5.10 Å². The molecule has 0 saturated carbocycles. The number of nitrogens with zero attached hydrogens (tertiary/aromatic N) is 3. The molecule has 3 rings (SSSR count). The van der Waals surface area contributed by atoms with Crippen molar-refractivity contribution in [3.63, 3.8) is 0 Å². The lowest BCUT2D eigenvalue weighted by molar-refractivity contribution is 0.103. The summed E-state index contributed by atoms with van der Waals surface area (Å²) >= 11 is 0. The molecule has 0 bridgehead atoms. The van der Waals surface area contributed by atoms with E-state index in [2.05, 4.69) is 15.6 Å². The maximum atomic E-state index is 13.6. The fraction of sp³-hybridized carbons (Fsp3) is 0.357. The molecule has 1 N–H and O–H groups in total. The van der Waals surface area contributed by atoms with Crippen molar-refractivity contribution < 1.29 is 13.6 Å². The summed E-state index contributed by atoms with van der Waals surface area (Å²) in [6.07, 6.45) is 3.29. The van der Waals surface area contributed by atoms with Crippen molar-refractivity contribution in [2.24, 2.45) is 0 Å². The Balaban J connectivity index is 1.85. The highest BCUT2D eigenvalue weighted by molar-refractivity contribution is 6.07. The molecule has 5 nitrogen and oxygen atoms in total. The van der Waals surface area contributed by atoms with Crippen molar-refractivity contribution >= 4 is 5.78 Å². The zero-order valence-corrected chi connectivity index (χ0v) is 11.2. The largest absolute Gasteiger partial charge is 0.317 e. The highest BCUT2D eigenvalue weighted by Gasteiger charge is 2.21. The molecule has 110 valence electrons. The van der Waals surface area contributed by atoms with Gasteiger partial charge in [0, 0.05) is 0 Å². The Labute approximate surface area is 120 Å². The molecule has 2 heterocycles. The SMILES string of the molecule is O=C(c1cn(C2CCNCC2)nn1)c1cc(F)ccc1F. The van der Waals surface area contributed by atoms with E-state index in [-0.39, 0.29) is 17.3 Å². The van der Waals surface area contributed by atoms with E-state index in [9.17, 15) is 13.6 Å². The first-order valence-corrected chi connectivity index (χ1v) is 6.77. The molecule has 7 heteroatoms. The minimum Gasteiger partial charge on any atom is -0.317 e. The van der Waals surface area contributed by atoms with Crippen LogP contribution in [0.4, 0.5) is 8.78 Å². The Hall–Kier alpha value is -2.15. The van der Waals surface area contributed by atoms with Crippen LogP contribution in [0.3, 0.4) is 0 Å². The quantitative estimate of drug-likeness (QED) is 0.875. The number of rotatable bonds is 3. The topological polar surface area (TPSA) is 59.8 Å². The third-order valence-electron chi connectivity index (χ3n) is 3.60. The summed E-state index contributed by atoms with van der Waals surface area (Å²) in [4.78, 5) is 12.2. The van der Waals surface area contributed by atoms with Gasteiger partial charge in [0.05, 0.1) is 17.8 Å². The fourth-order valence-corrected chi connectivity index (χ4v) is 2.44. The van der Waals surface area contributed by atoms with Crippen LogP contribution in [0.2, 0.25) is 0 Å². The van der Waals surface area contributed by atoms with E-state index >= 15 is 0 Å². The maximum Gasteiger partial charge on any atom is 0.217 e. The smallest absolute Gasteiger partial charge is 0.217 e. The Morgan fingerprint density at radius 3 is 2.81 bits per heavy atom. The predicted octanol–water partition coefficient (Wildman–Crippen LogP) is 1.71. The lowest BCUT2D eigenvalue weighted by Gasteiger charge is -2.22. The van der Waals surface area contributed by atoms with Crippen LogP contribution in [0.15, 0.2) is 24.4 Å². The second kappa shape index (κ2) is 5.69. The number of hydrogen-bond acceptors (Lipinski definition) is 4. The number of carbonyl (C=O) groups excluding carboxylic acids is 1. The molecule has 1 fully saturated rings. The summed E-state index contributed by atoms with van der Waals surface area (Å²) in [5.74, 6) is -2.09. The second-order valence-corrected chi connectivity index (χ2v) is 5.02. The minimum absolute atomic E-state index is 0.0260. The van der Waals surface area contributed by atoms with Crippen LogP contribution in [0.1, 0.15) is 34.9 Å². The second-order valence-electron chi connectivity index (χ2n) is 5.02. The van der Waals surface area contributed by atoms with Crippen molar-refractivity contribution in [2.75, 3.05) is 13.1 Å². The van der Waals surface area contributed by atoms with Crippen LogP contribution in [-0.4, -0.2) is 33.9 Å². The van der Waals surface area contributed by atoms with Gasteiger partial charge >= 0.3 is 0 Å². The summed E-state index contributed by atoms with van der Waals surface area (Å²) < 4.78 is 28.4. The van der Waals surface area contributed by atoms with Crippen LogP contribution >= 0.6 is 0 Å². The first-order chi connectivity index (χ1) is 10.1. The normalized spacial score (nSPS) is 16.1. The molecule has 0 atom stereocenters. The van der Waals surface area contributed by atoms with E-state index < -0.39 is 17.4 Å². The maximum absolute atomic E-state index is 13.6. The van der Waals surface area contributed by atoms with Crippen LogP contribution in [-0.2, 0) is 0 Å². The van der Waals surface area contributed by atoms with E-state index in [1.54, 1.807) is 4.68 Å².